The topological polar surface area (TPSA) is 17.4 Å². The van der Waals surface area contributed by atoms with Gasteiger partial charge < -0.3 is 8.99 Å². The Bertz CT molecular complexity index is 1720. The van der Waals surface area contributed by atoms with Crippen molar-refractivity contribution in [2.45, 2.75) is 84.0 Å². The van der Waals surface area contributed by atoms with Crippen LogP contribution in [0.1, 0.15) is 76.4 Å². The lowest BCUT2D eigenvalue weighted by molar-refractivity contribution is -0.0569. The van der Waals surface area contributed by atoms with Crippen molar-refractivity contribution in [3.63, 3.8) is 0 Å². The third-order valence-electron chi connectivity index (χ3n) is 11.3. The molecule has 2 aliphatic rings. The molecule has 7 rings (SSSR count). The van der Waals surface area contributed by atoms with Crippen LogP contribution < -0.4 is 10.4 Å². The molecule has 46 heavy (non-hydrogen) atoms. The largest absolute Gasteiger partial charge is 0.407 e. The maximum atomic E-state index is 7.45. The van der Waals surface area contributed by atoms with E-state index in [0.29, 0.717) is 18.2 Å². The lowest BCUT2D eigenvalue weighted by atomic mass is 9.69. The van der Waals surface area contributed by atoms with Gasteiger partial charge in [-0.05, 0) is 71.1 Å². The van der Waals surface area contributed by atoms with Gasteiger partial charge in [0.15, 0.2) is 0 Å². The van der Waals surface area contributed by atoms with E-state index in [1.54, 1.807) is 5.69 Å². The highest BCUT2D eigenvalue weighted by molar-refractivity contribution is 6.99. The van der Waals surface area contributed by atoms with Crippen molar-refractivity contribution in [2.24, 2.45) is 5.41 Å². The molecule has 1 fully saturated rings. The van der Waals surface area contributed by atoms with Gasteiger partial charge in [0.05, 0.1) is 6.17 Å². The lowest BCUT2D eigenvalue weighted by Crippen LogP contribution is -2.66. The molecule has 4 aromatic carbocycles. The van der Waals surface area contributed by atoms with E-state index in [9.17, 15) is 0 Å². The molecule has 2 atom stereocenters. The summed E-state index contributed by atoms with van der Waals surface area (Å²) in [6.07, 6.45) is 7.54. The summed E-state index contributed by atoms with van der Waals surface area (Å²) < 4.78 is 10.2. The molecule has 1 aromatic heterocycles. The van der Waals surface area contributed by atoms with Crippen LogP contribution in [-0.4, -0.2) is 30.9 Å². The zero-order chi connectivity index (χ0) is 31.8. The minimum atomic E-state index is -2.60. The van der Waals surface area contributed by atoms with E-state index >= 15 is 0 Å². The second-order valence-electron chi connectivity index (χ2n) is 14.7. The predicted molar refractivity (Wildman–Crippen MR) is 195 cm³/mol. The summed E-state index contributed by atoms with van der Waals surface area (Å²) in [6.45, 7) is 12.4. The molecule has 2 aliphatic heterocycles. The van der Waals surface area contributed by atoms with E-state index in [1.807, 2.05) is 0 Å². The summed E-state index contributed by atoms with van der Waals surface area (Å²) >= 11 is 0. The molecular formula is C42H50N2OSi. The fourth-order valence-electron chi connectivity index (χ4n) is 9.13. The molecule has 0 radical (unpaired) electrons. The molecule has 0 N–H and O–H groups in total. The van der Waals surface area contributed by atoms with Crippen molar-refractivity contribution >= 4 is 29.6 Å². The van der Waals surface area contributed by atoms with Gasteiger partial charge in [0.1, 0.15) is 0 Å². The number of para-hydroxylation sites is 1. The van der Waals surface area contributed by atoms with Gasteiger partial charge in [0, 0.05) is 41.7 Å². The van der Waals surface area contributed by atoms with E-state index in [4.69, 9.17) is 4.43 Å². The van der Waals surface area contributed by atoms with E-state index in [2.05, 4.69) is 152 Å². The summed E-state index contributed by atoms with van der Waals surface area (Å²) in [5.74, 6) is 0. The second kappa shape index (κ2) is 12.6. The number of rotatable bonds is 9. The van der Waals surface area contributed by atoms with E-state index in [-0.39, 0.29) is 5.04 Å². The van der Waals surface area contributed by atoms with Crippen molar-refractivity contribution in [1.82, 2.24) is 9.47 Å². The Hall–Kier alpha value is -3.44. The van der Waals surface area contributed by atoms with Gasteiger partial charge in [-0.2, -0.15) is 0 Å². The van der Waals surface area contributed by atoms with Crippen LogP contribution in [0, 0.1) is 5.41 Å². The second-order valence-corrected chi connectivity index (χ2v) is 19.0. The SMILES string of the molecule is CC[C@]12CCCN(Cc3ccccc3)[C@H]1n1c(c(CCO[Si](c3ccccc3)(c3ccccc3)C(C)(C)C)c3ccccc31)CC2. The summed E-state index contributed by atoms with van der Waals surface area (Å²) in [6, 6.07) is 42.5. The van der Waals surface area contributed by atoms with Crippen LogP contribution in [0.4, 0.5) is 0 Å². The molecule has 0 saturated carbocycles. The Labute approximate surface area is 277 Å². The minimum Gasteiger partial charge on any atom is -0.407 e. The molecule has 0 aliphatic carbocycles. The van der Waals surface area contributed by atoms with Gasteiger partial charge in [0.2, 0.25) is 0 Å². The van der Waals surface area contributed by atoms with E-state index in [0.717, 1.165) is 25.9 Å². The van der Waals surface area contributed by atoms with Gasteiger partial charge >= 0.3 is 0 Å². The summed E-state index contributed by atoms with van der Waals surface area (Å²) in [4.78, 5) is 2.81. The first-order valence-electron chi connectivity index (χ1n) is 17.5. The Balaban J connectivity index is 1.29. The number of nitrogens with zero attached hydrogens (tertiary/aromatic N) is 2. The third-order valence-corrected chi connectivity index (χ3v) is 16.3. The molecule has 238 valence electrons. The number of piperidine rings is 1. The van der Waals surface area contributed by atoms with Crippen LogP contribution in [0.25, 0.3) is 10.9 Å². The minimum absolute atomic E-state index is 0.0290. The van der Waals surface area contributed by atoms with E-state index in [1.165, 1.54) is 58.1 Å². The Morgan fingerprint density at radius 3 is 2.02 bits per heavy atom. The summed E-state index contributed by atoms with van der Waals surface area (Å²) in [5.41, 5.74) is 6.17. The maximum Gasteiger partial charge on any atom is 0.261 e. The predicted octanol–water partition coefficient (Wildman–Crippen LogP) is 8.90. The number of hydrogen-bond acceptors (Lipinski definition) is 2. The zero-order valence-corrected chi connectivity index (χ0v) is 29.2. The zero-order valence-electron chi connectivity index (χ0n) is 28.2. The quantitative estimate of drug-likeness (QED) is 0.152. The first-order valence-corrected chi connectivity index (χ1v) is 19.4. The van der Waals surface area contributed by atoms with Crippen LogP contribution in [0.15, 0.2) is 115 Å². The van der Waals surface area contributed by atoms with Gasteiger partial charge in [-0.25, -0.2) is 0 Å². The Morgan fingerprint density at radius 1 is 0.783 bits per heavy atom. The van der Waals surface area contributed by atoms with Crippen molar-refractivity contribution in [3.05, 3.63) is 132 Å². The fraction of sp³-hybridized carbons (Fsp3) is 0.381. The number of hydrogen-bond donors (Lipinski definition) is 0. The highest BCUT2D eigenvalue weighted by atomic mass is 28.4. The molecule has 5 aromatic rings. The standard InChI is InChI=1S/C42H50N2OSi/c1-5-42-28-17-30-43(32-33-18-9-6-10-19-33)40(42)44-38-25-16-15-24-36(38)37(39(44)26-29-42)27-31-45-46(41(2,3)4,34-20-11-7-12-21-34)35-22-13-8-14-23-35/h6-16,18-25,40H,5,17,26-32H2,1-4H3/t40-,42+/m0/s1. The fourth-order valence-corrected chi connectivity index (χ4v) is 13.7. The maximum absolute atomic E-state index is 7.45. The molecule has 3 heterocycles. The first-order chi connectivity index (χ1) is 22.4. The summed E-state index contributed by atoms with van der Waals surface area (Å²) in [5, 5.41) is 4.09. The molecule has 0 amide bonds. The first kappa shape index (κ1) is 31.2. The van der Waals surface area contributed by atoms with Crippen molar-refractivity contribution in [2.75, 3.05) is 13.2 Å². The van der Waals surface area contributed by atoms with Crippen LogP contribution in [-0.2, 0) is 23.8 Å². The van der Waals surface area contributed by atoms with Gasteiger partial charge in [-0.1, -0.05) is 137 Å². The van der Waals surface area contributed by atoms with Crippen molar-refractivity contribution in [1.29, 1.82) is 0 Å². The van der Waals surface area contributed by atoms with Crippen LogP contribution in [0.2, 0.25) is 5.04 Å². The third kappa shape index (κ3) is 5.29. The van der Waals surface area contributed by atoms with Gasteiger partial charge in [0.25, 0.3) is 8.32 Å². The number of benzene rings is 4. The number of aromatic nitrogens is 1. The molecule has 3 nitrogen and oxygen atoms in total. The number of fused-ring (bicyclic) bond motifs is 5. The average Bonchev–Trinajstić information content (AvgIpc) is 3.40. The molecule has 1 saturated heterocycles. The Morgan fingerprint density at radius 2 is 1.39 bits per heavy atom. The smallest absolute Gasteiger partial charge is 0.261 e. The normalized spacial score (nSPS) is 20.4. The van der Waals surface area contributed by atoms with Crippen LogP contribution in [0.3, 0.4) is 0 Å². The highest BCUT2D eigenvalue weighted by Crippen LogP contribution is 2.54. The Kier molecular flexibility index (Phi) is 8.56. The van der Waals surface area contributed by atoms with Crippen molar-refractivity contribution in [3.8, 4) is 0 Å². The summed E-state index contributed by atoms with van der Waals surface area (Å²) in [7, 11) is -2.60. The monoisotopic (exact) mass is 626 g/mol. The molecule has 4 heteroatoms. The van der Waals surface area contributed by atoms with Crippen LogP contribution in [0.5, 0.6) is 0 Å². The molecule has 0 bridgehead atoms. The lowest BCUT2D eigenvalue weighted by Gasteiger charge is -2.54. The van der Waals surface area contributed by atoms with Crippen LogP contribution >= 0.6 is 0 Å². The van der Waals surface area contributed by atoms with Crippen molar-refractivity contribution < 1.29 is 4.43 Å². The number of likely N-dealkylation sites (tertiary alicyclic amines) is 1. The average molecular weight is 627 g/mol. The molecular weight excluding hydrogens is 577 g/mol. The molecule has 0 spiro atoms. The molecule has 0 unspecified atom stereocenters. The van der Waals surface area contributed by atoms with Gasteiger partial charge in [-0.15, -0.1) is 0 Å². The van der Waals surface area contributed by atoms with E-state index < -0.39 is 8.32 Å². The highest BCUT2D eigenvalue weighted by Gasteiger charge is 2.51. The van der Waals surface area contributed by atoms with Gasteiger partial charge in [-0.3, -0.25) is 4.90 Å².